The fourth-order valence-electron chi connectivity index (χ4n) is 2.94. The summed E-state index contributed by atoms with van der Waals surface area (Å²) in [6, 6.07) is -1.81. The molecule has 0 spiro atoms. The van der Waals surface area contributed by atoms with Crippen molar-refractivity contribution >= 4 is 23.3 Å². The van der Waals surface area contributed by atoms with E-state index in [9.17, 15) is 13.2 Å². The minimum absolute atomic E-state index is 0.0205. The summed E-state index contributed by atoms with van der Waals surface area (Å²) in [5.41, 5.74) is 0.730. The Kier molecular flexibility index (Phi) is 6.37. The molecule has 2 unspecified atom stereocenters. The molecule has 0 aromatic carbocycles. The highest BCUT2D eigenvalue weighted by atomic mass is 19.4. The first kappa shape index (κ1) is 21.7. The SMILES string of the molecule is CCCn1cc(Nc2nc(NC(C)C)nc(C3=NC(C(F)(F)F)C(C)C=C3)n2)cn1. The molecule has 1 aliphatic rings. The number of allylic oxidation sites excluding steroid dienone is 1. The van der Waals surface area contributed by atoms with Gasteiger partial charge in [-0.2, -0.15) is 33.2 Å². The number of rotatable bonds is 7. The molecule has 0 amide bonds. The van der Waals surface area contributed by atoms with Crippen LogP contribution in [0.4, 0.5) is 30.8 Å². The Morgan fingerprint density at radius 1 is 1.17 bits per heavy atom. The van der Waals surface area contributed by atoms with Crippen molar-refractivity contribution < 1.29 is 13.2 Å². The average Bonchev–Trinajstić information content (AvgIpc) is 3.07. The molecule has 30 heavy (non-hydrogen) atoms. The van der Waals surface area contributed by atoms with Crippen molar-refractivity contribution in [2.45, 2.75) is 58.9 Å². The predicted octanol–water partition coefficient (Wildman–Crippen LogP) is 3.97. The van der Waals surface area contributed by atoms with Crippen LogP contribution < -0.4 is 10.6 Å². The number of nitrogens with zero attached hydrogens (tertiary/aromatic N) is 6. The van der Waals surface area contributed by atoms with Crippen molar-refractivity contribution in [1.29, 1.82) is 0 Å². The van der Waals surface area contributed by atoms with E-state index in [4.69, 9.17) is 0 Å². The second kappa shape index (κ2) is 8.80. The molecule has 2 atom stereocenters. The van der Waals surface area contributed by atoms with Gasteiger partial charge in [-0.25, -0.2) is 0 Å². The van der Waals surface area contributed by atoms with Crippen LogP contribution in [0.15, 0.2) is 29.5 Å². The van der Waals surface area contributed by atoms with Crippen LogP contribution in [0.5, 0.6) is 0 Å². The lowest BCUT2D eigenvalue weighted by Crippen LogP contribution is -2.35. The molecule has 0 saturated heterocycles. The third-order valence-electron chi connectivity index (χ3n) is 4.29. The lowest BCUT2D eigenvalue weighted by Gasteiger charge is -2.24. The first-order valence-electron chi connectivity index (χ1n) is 9.81. The molecule has 2 N–H and O–H groups in total. The number of alkyl halides is 3. The number of aromatic nitrogens is 5. The highest BCUT2D eigenvalue weighted by molar-refractivity contribution is 6.07. The molecule has 8 nitrogen and oxygen atoms in total. The Bertz CT molecular complexity index is 932. The van der Waals surface area contributed by atoms with E-state index in [1.165, 1.54) is 19.1 Å². The summed E-state index contributed by atoms with van der Waals surface area (Å²) in [5, 5.41) is 10.3. The number of anilines is 3. The molecule has 3 rings (SSSR count). The molecule has 0 fully saturated rings. The lowest BCUT2D eigenvalue weighted by atomic mass is 9.97. The van der Waals surface area contributed by atoms with Crippen molar-refractivity contribution in [3.8, 4) is 0 Å². The summed E-state index contributed by atoms with van der Waals surface area (Å²) in [6.45, 7) is 8.11. The Morgan fingerprint density at radius 3 is 2.57 bits per heavy atom. The summed E-state index contributed by atoms with van der Waals surface area (Å²) in [7, 11) is 0. The van der Waals surface area contributed by atoms with E-state index in [2.05, 4.69) is 35.7 Å². The van der Waals surface area contributed by atoms with E-state index in [0.717, 1.165) is 13.0 Å². The zero-order chi connectivity index (χ0) is 21.9. The Balaban J connectivity index is 1.95. The van der Waals surface area contributed by atoms with Gasteiger partial charge in [0.05, 0.1) is 11.9 Å². The largest absolute Gasteiger partial charge is 0.411 e. The maximum Gasteiger partial charge on any atom is 0.411 e. The smallest absolute Gasteiger partial charge is 0.352 e. The zero-order valence-corrected chi connectivity index (χ0v) is 17.3. The highest BCUT2D eigenvalue weighted by Crippen LogP contribution is 2.32. The highest BCUT2D eigenvalue weighted by Gasteiger charge is 2.43. The molecule has 0 bridgehead atoms. The van der Waals surface area contributed by atoms with Crippen LogP contribution in [-0.4, -0.2) is 48.7 Å². The second-order valence-corrected chi connectivity index (χ2v) is 7.44. The van der Waals surface area contributed by atoms with Gasteiger partial charge in [-0.15, -0.1) is 0 Å². The van der Waals surface area contributed by atoms with E-state index in [-0.39, 0.29) is 29.5 Å². The van der Waals surface area contributed by atoms with Gasteiger partial charge in [0, 0.05) is 24.7 Å². The molecule has 11 heteroatoms. The maximum absolute atomic E-state index is 13.3. The van der Waals surface area contributed by atoms with E-state index >= 15 is 0 Å². The minimum Gasteiger partial charge on any atom is -0.352 e. The molecule has 3 heterocycles. The van der Waals surface area contributed by atoms with Crippen LogP contribution in [-0.2, 0) is 6.54 Å². The molecule has 1 aliphatic heterocycles. The number of halogens is 3. The minimum atomic E-state index is -4.45. The van der Waals surface area contributed by atoms with Gasteiger partial charge in [0.2, 0.25) is 11.9 Å². The Labute approximate surface area is 172 Å². The van der Waals surface area contributed by atoms with Gasteiger partial charge in [0.1, 0.15) is 5.71 Å². The topological polar surface area (TPSA) is 92.9 Å². The van der Waals surface area contributed by atoms with Crippen LogP contribution >= 0.6 is 0 Å². The van der Waals surface area contributed by atoms with Gasteiger partial charge in [-0.3, -0.25) is 9.67 Å². The van der Waals surface area contributed by atoms with Crippen LogP contribution in [0.1, 0.15) is 39.9 Å². The first-order valence-corrected chi connectivity index (χ1v) is 9.81. The Morgan fingerprint density at radius 2 is 1.90 bits per heavy atom. The normalized spacial score (nSPS) is 19.1. The monoisotopic (exact) mass is 422 g/mol. The molecular formula is C19H25F3N8. The standard InChI is InChI=1S/C19H25F3N8/c1-5-8-30-10-13(9-23-30)25-18-28-16(27-17(29-18)24-11(2)3)14-7-6-12(4)15(26-14)19(20,21)22/h6-7,9-12,15H,5,8H2,1-4H3,(H2,24,25,27,28,29). The van der Waals surface area contributed by atoms with Gasteiger partial charge >= 0.3 is 6.18 Å². The average molecular weight is 422 g/mol. The predicted molar refractivity (Wildman–Crippen MR) is 109 cm³/mol. The van der Waals surface area contributed by atoms with Crippen LogP contribution in [0.2, 0.25) is 0 Å². The molecular weight excluding hydrogens is 397 g/mol. The number of nitrogens with one attached hydrogen (secondary N) is 2. The number of dihydropyridines is 1. The molecule has 162 valence electrons. The molecule has 0 aliphatic carbocycles. The van der Waals surface area contributed by atoms with E-state index in [0.29, 0.717) is 5.69 Å². The fraction of sp³-hybridized carbons (Fsp3) is 0.526. The first-order chi connectivity index (χ1) is 14.2. The van der Waals surface area contributed by atoms with E-state index in [1.54, 1.807) is 10.9 Å². The van der Waals surface area contributed by atoms with Gasteiger partial charge in [0.15, 0.2) is 11.9 Å². The maximum atomic E-state index is 13.3. The number of aryl methyl sites for hydroxylation is 1. The van der Waals surface area contributed by atoms with Crippen LogP contribution in [0.3, 0.4) is 0 Å². The fourth-order valence-corrected chi connectivity index (χ4v) is 2.94. The molecule has 0 radical (unpaired) electrons. The summed E-state index contributed by atoms with van der Waals surface area (Å²) in [6.07, 6.45) is 2.92. The summed E-state index contributed by atoms with van der Waals surface area (Å²) in [5.74, 6) is -0.256. The van der Waals surface area contributed by atoms with Gasteiger partial charge in [-0.05, 0) is 26.3 Å². The van der Waals surface area contributed by atoms with Crippen molar-refractivity contribution in [2.24, 2.45) is 10.9 Å². The number of hydrogen-bond donors (Lipinski definition) is 2. The summed E-state index contributed by atoms with van der Waals surface area (Å²) >= 11 is 0. The zero-order valence-electron chi connectivity index (χ0n) is 17.3. The lowest BCUT2D eigenvalue weighted by molar-refractivity contribution is -0.153. The van der Waals surface area contributed by atoms with Gasteiger partial charge in [0.25, 0.3) is 0 Å². The third kappa shape index (κ3) is 5.33. The van der Waals surface area contributed by atoms with Crippen LogP contribution in [0, 0.1) is 5.92 Å². The number of aliphatic imine (C=N–C) groups is 1. The summed E-state index contributed by atoms with van der Waals surface area (Å²) in [4.78, 5) is 16.8. The molecule has 2 aromatic rings. The number of hydrogen-bond acceptors (Lipinski definition) is 7. The van der Waals surface area contributed by atoms with Crippen molar-refractivity contribution in [3.05, 3.63) is 30.4 Å². The van der Waals surface area contributed by atoms with E-state index in [1.807, 2.05) is 27.0 Å². The Hall–Kier alpha value is -2.98. The van der Waals surface area contributed by atoms with Crippen LogP contribution in [0.25, 0.3) is 0 Å². The molecule has 2 aromatic heterocycles. The van der Waals surface area contributed by atoms with Crippen molar-refractivity contribution in [1.82, 2.24) is 24.7 Å². The van der Waals surface area contributed by atoms with E-state index < -0.39 is 18.1 Å². The van der Waals surface area contributed by atoms with Gasteiger partial charge < -0.3 is 10.6 Å². The van der Waals surface area contributed by atoms with Gasteiger partial charge in [-0.1, -0.05) is 19.9 Å². The van der Waals surface area contributed by atoms with Crippen molar-refractivity contribution in [2.75, 3.05) is 10.6 Å². The molecule has 0 saturated carbocycles. The quantitative estimate of drug-likeness (QED) is 0.701. The summed E-state index contributed by atoms with van der Waals surface area (Å²) < 4.78 is 41.8. The second-order valence-electron chi connectivity index (χ2n) is 7.44. The third-order valence-corrected chi connectivity index (χ3v) is 4.29. The van der Waals surface area contributed by atoms with Crippen molar-refractivity contribution in [3.63, 3.8) is 0 Å².